The highest BCUT2D eigenvalue weighted by molar-refractivity contribution is 5.99. The molecular weight excluding hydrogens is 442 g/mol. The molecule has 1 aliphatic rings. The molecule has 1 fully saturated rings. The molecule has 0 aliphatic heterocycles. The molecule has 0 bridgehead atoms. The lowest BCUT2D eigenvalue weighted by Crippen LogP contribution is -2.36. The Balaban J connectivity index is 1.51. The first kappa shape index (κ1) is 22.5. The molecule has 3 N–H and O–H groups in total. The Kier molecular flexibility index (Phi) is 5.63. The van der Waals surface area contributed by atoms with Crippen molar-refractivity contribution in [1.82, 2.24) is 24.5 Å². The summed E-state index contributed by atoms with van der Waals surface area (Å²) < 4.78 is 33.4. The lowest BCUT2D eigenvalue weighted by Gasteiger charge is -2.33. The van der Waals surface area contributed by atoms with Gasteiger partial charge in [0, 0.05) is 17.8 Å². The van der Waals surface area contributed by atoms with Crippen LogP contribution in [0.25, 0.3) is 33.2 Å². The second-order valence-electron chi connectivity index (χ2n) is 9.26. The van der Waals surface area contributed by atoms with Crippen LogP contribution in [0.3, 0.4) is 0 Å². The van der Waals surface area contributed by atoms with Crippen molar-refractivity contribution in [3.05, 3.63) is 30.2 Å². The van der Waals surface area contributed by atoms with Crippen LogP contribution in [-0.4, -0.2) is 54.8 Å². The zero-order valence-electron chi connectivity index (χ0n) is 19.4. The molecule has 1 saturated carbocycles. The number of halogens is 2. The number of anilines is 1. The number of fused-ring (bicyclic) bond motifs is 2. The fourth-order valence-electron chi connectivity index (χ4n) is 4.79. The number of alkyl halides is 2. The van der Waals surface area contributed by atoms with E-state index in [-0.39, 0.29) is 6.04 Å². The molecule has 8 nitrogen and oxygen atoms in total. The van der Waals surface area contributed by atoms with Crippen molar-refractivity contribution in [3.63, 3.8) is 0 Å². The Morgan fingerprint density at radius 3 is 2.74 bits per heavy atom. The van der Waals surface area contributed by atoms with Gasteiger partial charge in [-0.15, -0.1) is 0 Å². The molecule has 0 unspecified atom stereocenters. The molecule has 34 heavy (non-hydrogen) atoms. The summed E-state index contributed by atoms with van der Waals surface area (Å²) in [6, 6.07) is 5.78. The minimum absolute atomic E-state index is 0.178. The summed E-state index contributed by atoms with van der Waals surface area (Å²) in [7, 11) is 1.56. The summed E-state index contributed by atoms with van der Waals surface area (Å²) in [6.45, 7) is 3.19. The van der Waals surface area contributed by atoms with E-state index in [1.807, 2.05) is 31.3 Å². The summed E-state index contributed by atoms with van der Waals surface area (Å²) in [6.07, 6.45) is 2.46. The average Bonchev–Trinajstić information content (AvgIpc) is 3.35. The quantitative estimate of drug-likeness (QED) is 0.379. The summed E-state index contributed by atoms with van der Waals surface area (Å²) in [4.78, 5) is 16.8. The van der Waals surface area contributed by atoms with Crippen LogP contribution in [0.2, 0.25) is 0 Å². The third kappa shape index (κ3) is 4.18. The number of ether oxygens (including phenoxy) is 1. The maximum absolute atomic E-state index is 13.1. The van der Waals surface area contributed by atoms with Gasteiger partial charge in [-0.2, -0.15) is 9.97 Å². The third-order valence-electron chi connectivity index (χ3n) is 6.66. The molecule has 3 aromatic heterocycles. The maximum Gasteiger partial charge on any atom is 0.256 e. The Morgan fingerprint density at radius 2 is 2.03 bits per heavy atom. The molecule has 1 aromatic carbocycles. The van der Waals surface area contributed by atoms with Crippen LogP contribution in [0, 0.1) is 6.92 Å². The SMILES string of the molecule is COc1nc(N[C@H]2CC[C@@](C)(O)CC2)nc2[nH]cc(-c3ccc4nc(C)n(CC(F)F)c4c3)c12. The zero-order chi connectivity index (χ0) is 24.0. The number of hydrogen-bond donors (Lipinski definition) is 3. The number of nitrogens with one attached hydrogen (secondary N) is 2. The maximum atomic E-state index is 13.1. The van der Waals surface area contributed by atoms with Gasteiger partial charge in [-0.25, -0.2) is 13.8 Å². The Hall–Kier alpha value is -3.27. The molecule has 4 aromatic rings. The highest BCUT2D eigenvalue weighted by atomic mass is 19.3. The summed E-state index contributed by atoms with van der Waals surface area (Å²) in [5.74, 6) is 1.43. The fraction of sp³-hybridized carbons (Fsp3) is 0.458. The van der Waals surface area contributed by atoms with Crippen molar-refractivity contribution < 1.29 is 18.6 Å². The largest absolute Gasteiger partial charge is 0.480 e. The van der Waals surface area contributed by atoms with Gasteiger partial charge in [-0.1, -0.05) is 6.07 Å². The molecule has 10 heteroatoms. The van der Waals surface area contributed by atoms with E-state index < -0.39 is 18.6 Å². The number of methoxy groups -OCH3 is 1. The predicted molar refractivity (Wildman–Crippen MR) is 126 cm³/mol. The van der Waals surface area contributed by atoms with Gasteiger partial charge in [-0.3, -0.25) is 0 Å². The number of H-pyrrole nitrogens is 1. The van der Waals surface area contributed by atoms with Gasteiger partial charge in [0.05, 0.1) is 35.7 Å². The van der Waals surface area contributed by atoms with Crippen molar-refractivity contribution in [2.75, 3.05) is 12.4 Å². The first-order chi connectivity index (χ1) is 16.2. The van der Waals surface area contributed by atoms with E-state index in [2.05, 4.69) is 25.3 Å². The van der Waals surface area contributed by atoms with Crippen LogP contribution in [0.15, 0.2) is 24.4 Å². The summed E-state index contributed by atoms with van der Waals surface area (Å²) in [5.41, 5.74) is 2.96. The standard InChI is InChI=1S/C24H28F2N6O2/c1-13-28-17-5-4-14(10-18(17)32(13)12-19(25)26)16-11-27-21-20(16)22(34-3)31-23(30-21)29-15-6-8-24(2,33)9-7-15/h4-5,10-11,15,19,33H,6-9,12H2,1-3H3,(H2,27,29,30,31)/t15-,24+. The van der Waals surface area contributed by atoms with Crippen LogP contribution >= 0.6 is 0 Å². The van der Waals surface area contributed by atoms with Crippen molar-refractivity contribution in [1.29, 1.82) is 0 Å². The molecule has 0 spiro atoms. The fourth-order valence-corrected chi connectivity index (χ4v) is 4.79. The van der Waals surface area contributed by atoms with Gasteiger partial charge >= 0.3 is 0 Å². The Labute approximate surface area is 195 Å². The molecule has 0 radical (unpaired) electrons. The molecule has 3 heterocycles. The highest BCUT2D eigenvalue weighted by Crippen LogP contribution is 2.36. The number of imidazole rings is 1. The normalized spacial score (nSPS) is 21.0. The van der Waals surface area contributed by atoms with E-state index in [1.54, 1.807) is 14.0 Å². The lowest BCUT2D eigenvalue weighted by atomic mass is 9.84. The number of rotatable bonds is 6. The monoisotopic (exact) mass is 470 g/mol. The number of nitrogens with zero attached hydrogens (tertiary/aromatic N) is 4. The summed E-state index contributed by atoms with van der Waals surface area (Å²) in [5, 5.41) is 14.3. The van der Waals surface area contributed by atoms with E-state index in [0.717, 1.165) is 42.2 Å². The topological polar surface area (TPSA) is 101 Å². The Morgan fingerprint density at radius 1 is 1.26 bits per heavy atom. The highest BCUT2D eigenvalue weighted by Gasteiger charge is 2.29. The third-order valence-corrected chi connectivity index (χ3v) is 6.66. The minimum Gasteiger partial charge on any atom is -0.480 e. The lowest BCUT2D eigenvalue weighted by molar-refractivity contribution is 0.0195. The van der Waals surface area contributed by atoms with Gasteiger partial charge in [0.1, 0.15) is 11.5 Å². The number of aromatic amines is 1. The first-order valence-corrected chi connectivity index (χ1v) is 11.4. The van der Waals surface area contributed by atoms with Gasteiger partial charge in [0.25, 0.3) is 6.43 Å². The van der Waals surface area contributed by atoms with Crippen molar-refractivity contribution in [2.45, 2.75) is 64.1 Å². The molecule has 180 valence electrons. The van der Waals surface area contributed by atoms with Gasteiger partial charge in [0.2, 0.25) is 11.8 Å². The van der Waals surface area contributed by atoms with Crippen molar-refractivity contribution in [3.8, 4) is 17.0 Å². The predicted octanol–water partition coefficient (Wildman–Crippen LogP) is 4.66. The number of aliphatic hydroxyl groups is 1. The van der Waals surface area contributed by atoms with Gasteiger partial charge in [-0.05, 0) is 57.2 Å². The molecular formula is C24H28F2N6O2. The molecule has 1 aliphatic carbocycles. The molecule has 5 rings (SSSR count). The van der Waals surface area contributed by atoms with E-state index in [4.69, 9.17) is 4.74 Å². The number of hydrogen-bond acceptors (Lipinski definition) is 6. The molecule has 0 saturated heterocycles. The average molecular weight is 471 g/mol. The van der Waals surface area contributed by atoms with Crippen LogP contribution < -0.4 is 10.1 Å². The second-order valence-corrected chi connectivity index (χ2v) is 9.26. The summed E-state index contributed by atoms with van der Waals surface area (Å²) >= 11 is 0. The van der Waals surface area contributed by atoms with E-state index in [0.29, 0.717) is 34.3 Å². The molecule has 0 amide bonds. The minimum atomic E-state index is -2.47. The number of benzene rings is 1. The van der Waals surface area contributed by atoms with E-state index in [1.165, 1.54) is 4.57 Å². The van der Waals surface area contributed by atoms with E-state index >= 15 is 0 Å². The van der Waals surface area contributed by atoms with E-state index in [9.17, 15) is 13.9 Å². The van der Waals surface area contributed by atoms with Crippen LogP contribution in [-0.2, 0) is 6.54 Å². The van der Waals surface area contributed by atoms with Gasteiger partial charge in [0.15, 0.2) is 0 Å². The van der Waals surface area contributed by atoms with Crippen LogP contribution in [0.1, 0.15) is 38.4 Å². The Bertz CT molecular complexity index is 1340. The van der Waals surface area contributed by atoms with Gasteiger partial charge < -0.3 is 24.7 Å². The van der Waals surface area contributed by atoms with Crippen molar-refractivity contribution >= 4 is 28.0 Å². The first-order valence-electron chi connectivity index (χ1n) is 11.4. The number of aryl methyl sites for hydroxylation is 1. The van der Waals surface area contributed by atoms with Crippen LogP contribution in [0.5, 0.6) is 5.88 Å². The molecule has 0 atom stereocenters. The van der Waals surface area contributed by atoms with Crippen LogP contribution in [0.4, 0.5) is 14.7 Å². The number of aromatic nitrogens is 5. The zero-order valence-corrected chi connectivity index (χ0v) is 19.4. The van der Waals surface area contributed by atoms with Crippen molar-refractivity contribution in [2.24, 2.45) is 0 Å². The smallest absolute Gasteiger partial charge is 0.256 e. The second kappa shape index (κ2) is 8.50.